The standard InChI is InChI=1S/C57H38N4OS/c1-36(38-29-31-40(32-30-38)39-17-7-3-8-18-39)58-55(42-21-11-5-12-22-42)59-37(2)45-25-15-27-49-51(45)47-35-44(33-34-48(47)62-49)46-26-16-28-50-52(46)53-54(41-19-9-4-10-20-41)60-56(61-57(53)63-50)43-23-13-6-14-24-43/h3-35H,1H2,2H3. The van der Waals surface area contributed by atoms with Crippen LogP contribution in [0.25, 0.3) is 92.8 Å². The summed E-state index contributed by atoms with van der Waals surface area (Å²) in [5, 5.41) is 4.20. The topological polar surface area (TPSA) is 63.6 Å². The molecule has 0 radical (unpaired) electrons. The number of hydrogen-bond acceptors (Lipinski definition) is 5. The van der Waals surface area contributed by atoms with Gasteiger partial charge in [-0.05, 0) is 59.0 Å². The maximum absolute atomic E-state index is 6.55. The molecule has 3 aromatic heterocycles. The van der Waals surface area contributed by atoms with Crippen molar-refractivity contribution in [1.82, 2.24) is 9.97 Å². The van der Waals surface area contributed by atoms with Gasteiger partial charge in [-0.3, -0.25) is 0 Å². The van der Waals surface area contributed by atoms with Crippen LogP contribution < -0.4 is 0 Å². The average Bonchev–Trinajstić information content (AvgIpc) is 3.93. The number of thiophene rings is 1. The van der Waals surface area contributed by atoms with Crippen LogP contribution in [0.4, 0.5) is 0 Å². The lowest BCUT2D eigenvalue weighted by Crippen LogP contribution is -2.04. The summed E-state index contributed by atoms with van der Waals surface area (Å²) in [6.45, 7) is 6.43. The van der Waals surface area contributed by atoms with Crippen molar-refractivity contribution in [2.24, 2.45) is 9.98 Å². The second kappa shape index (κ2) is 16.1. The molecule has 298 valence electrons. The second-order valence-electron chi connectivity index (χ2n) is 15.5. The summed E-state index contributed by atoms with van der Waals surface area (Å²) in [6.07, 6.45) is 0. The van der Waals surface area contributed by atoms with Crippen LogP contribution in [0.15, 0.2) is 221 Å². The Balaban J connectivity index is 1.03. The van der Waals surface area contributed by atoms with Gasteiger partial charge in [0.1, 0.15) is 16.0 Å². The van der Waals surface area contributed by atoms with Crippen LogP contribution in [-0.2, 0) is 0 Å². The summed E-state index contributed by atoms with van der Waals surface area (Å²) in [7, 11) is 0. The van der Waals surface area contributed by atoms with E-state index in [0.717, 1.165) is 104 Å². The largest absolute Gasteiger partial charge is 0.456 e. The van der Waals surface area contributed by atoms with Crippen LogP contribution in [0.1, 0.15) is 23.6 Å². The zero-order chi connectivity index (χ0) is 42.3. The highest BCUT2D eigenvalue weighted by Crippen LogP contribution is 2.45. The van der Waals surface area contributed by atoms with Crippen LogP contribution in [-0.4, -0.2) is 21.5 Å². The molecule has 0 saturated heterocycles. The second-order valence-corrected chi connectivity index (χ2v) is 16.5. The van der Waals surface area contributed by atoms with Gasteiger partial charge in [0.2, 0.25) is 0 Å². The summed E-state index contributed by atoms with van der Waals surface area (Å²) < 4.78 is 7.70. The maximum Gasteiger partial charge on any atom is 0.161 e. The molecule has 8 aromatic carbocycles. The normalized spacial score (nSPS) is 12.1. The molecule has 11 rings (SSSR count). The molecule has 0 fully saturated rings. The van der Waals surface area contributed by atoms with E-state index in [4.69, 9.17) is 24.4 Å². The number of furan rings is 1. The van der Waals surface area contributed by atoms with Crippen molar-refractivity contribution in [2.45, 2.75) is 6.92 Å². The van der Waals surface area contributed by atoms with Crippen LogP contribution >= 0.6 is 11.3 Å². The van der Waals surface area contributed by atoms with Crippen molar-refractivity contribution in [2.75, 3.05) is 0 Å². The van der Waals surface area contributed by atoms with E-state index in [1.807, 2.05) is 79.7 Å². The Morgan fingerprint density at radius 1 is 0.508 bits per heavy atom. The molecule has 6 heteroatoms. The number of hydrogen-bond donors (Lipinski definition) is 0. The fourth-order valence-electron chi connectivity index (χ4n) is 8.41. The first-order valence-electron chi connectivity index (χ1n) is 20.9. The lowest BCUT2D eigenvalue weighted by Gasteiger charge is -2.10. The van der Waals surface area contributed by atoms with E-state index in [2.05, 4.69) is 134 Å². The molecule has 3 heterocycles. The Bertz CT molecular complexity index is 3550. The first-order valence-corrected chi connectivity index (χ1v) is 21.7. The Kier molecular flexibility index (Phi) is 9.68. The monoisotopic (exact) mass is 826 g/mol. The Labute approximate surface area is 368 Å². The van der Waals surface area contributed by atoms with Crippen molar-refractivity contribution >= 4 is 70.8 Å². The number of benzene rings is 8. The third-order valence-corrected chi connectivity index (χ3v) is 12.6. The van der Waals surface area contributed by atoms with E-state index in [9.17, 15) is 0 Å². The van der Waals surface area contributed by atoms with Crippen molar-refractivity contribution < 1.29 is 4.42 Å². The molecule has 0 aliphatic carbocycles. The van der Waals surface area contributed by atoms with E-state index >= 15 is 0 Å². The molecule has 0 spiro atoms. The van der Waals surface area contributed by atoms with Crippen LogP contribution in [0.2, 0.25) is 0 Å². The lowest BCUT2D eigenvalue weighted by molar-refractivity contribution is 0.669. The van der Waals surface area contributed by atoms with E-state index < -0.39 is 0 Å². The molecule has 0 N–H and O–H groups in total. The predicted octanol–water partition coefficient (Wildman–Crippen LogP) is 15.3. The molecule has 11 aromatic rings. The van der Waals surface area contributed by atoms with E-state index in [1.165, 1.54) is 0 Å². The van der Waals surface area contributed by atoms with Gasteiger partial charge in [-0.2, -0.15) is 0 Å². The molecular formula is C57H38N4OS. The molecule has 0 saturated carbocycles. The van der Waals surface area contributed by atoms with Gasteiger partial charge in [-0.25, -0.2) is 20.0 Å². The summed E-state index contributed by atoms with van der Waals surface area (Å²) in [5.41, 5.74) is 13.3. The summed E-state index contributed by atoms with van der Waals surface area (Å²) >= 11 is 1.71. The highest BCUT2D eigenvalue weighted by molar-refractivity contribution is 7.25. The van der Waals surface area contributed by atoms with E-state index in [0.29, 0.717) is 17.4 Å². The fourth-order valence-corrected chi connectivity index (χ4v) is 9.52. The first kappa shape index (κ1) is 37.9. The molecular weight excluding hydrogens is 789 g/mol. The number of aromatic nitrogens is 2. The third-order valence-electron chi connectivity index (χ3n) is 11.5. The molecule has 0 amide bonds. The first-order chi connectivity index (χ1) is 31.1. The summed E-state index contributed by atoms with van der Waals surface area (Å²) in [6, 6.07) is 68.6. The maximum atomic E-state index is 6.55. The van der Waals surface area contributed by atoms with Crippen molar-refractivity contribution in [3.63, 3.8) is 0 Å². The Morgan fingerprint density at radius 2 is 1.14 bits per heavy atom. The molecule has 0 aliphatic rings. The number of aliphatic imine (C=N–C) groups is 2. The summed E-state index contributed by atoms with van der Waals surface area (Å²) in [4.78, 5) is 21.7. The van der Waals surface area contributed by atoms with Crippen LogP contribution in [0, 0.1) is 0 Å². The Hall–Kier alpha value is -8.06. The lowest BCUT2D eigenvalue weighted by atomic mass is 9.95. The average molecular weight is 827 g/mol. The zero-order valence-corrected chi connectivity index (χ0v) is 35.2. The van der Waals surface area contributed by atoms with Gasteiger partial charge in [-0.15, -0.1) is 11.3 Å². The van der Waals surface area contributed by atoms with Gasteiger partial charge < -0.3 is 4.42 Å². The van der Waals surface area contributed by atoms with E-state index in [-0.39, 0.29) is 0 Å². The number of rotatable bonds is 8. The van der Waals surface area contributed by atoms with Gasteiger partial charge in [0, 0.05) is 54.2 Å². The minimum atomic E-state index is 0.582. The summed E-state index contributed by atoms with van der Waals surface area (Å²) in [5.74, 6) is 1.30. The highest BCUT2D eigenvalue weighted by atomic mass is 32.1. The van der Waals surface area contributed by atoms with Gasteiger partial charge in [0.05, 0.1) is 11.4 Å². The van der Waals surface area contributed by atoms with Crippen molar-refractivity contribution in [3.05, 3.63) is 223 Å². The fraction of sp³-hybridized carbons (Fsp3) is 0.0175. The van der Waals surface area contributed by atoms with Gasteiger partial charge in [0.15, 0.2) is 11.7 Å². The molecule has 0 atom stereocenters. The van der Waals surface area contributed by atoms with Crippen molar-refractivity contribution in [1.29, 1.82) is 0 Å². The minimum Gasteiger partial charge on any atom is -0.456 e. The predicted molar refractivity (Wildman–Crippen MR) is 265 cm³/mol. The number of nitrogens with zero attached hydrogens (tertiary/aromatic N) is 4. The molecule has 0 bridgehead atoms. The minimum absolute atomic E-state index is 0.582. The quantitative estimate of drug-likeness (QED) is 0.113. The molecule has 0 unspecified atom stereocenters. The van der Waals surface area contributed by atoms with Crippen LogP contribution in [0.5, 0.6) is 0 Å². The van der Waals surface area contributed by atoms with Crippen LogP contribution in [0.3, 0.4) is 0 Å². The molecule has 5 nitrogen and oxygen atoms in total. The zero-order valence-electron chi connectivity index (χ0n) is 34.4. The molecule has 63 heavy (non-hydrogen) atoms. The van der Waals surface area contributed by atoms with Crippen molar-refractivity contribution in [3.8, 4) is 44.9 Å². The Morgan fingerprint density at radius 3 is 1.87 bits per heavy atom. The third kappa shape index (κ3) is 7.12. The van der Waals surface area contributed by atoms with Gasteiger partial charge >= 0.3 is 0 Å². The van der Waals surface area contributed by atoms with Gasteiger partial charge in [0.25, 0.3) is 0 Å². The number of fused-ring (bicyclic) bond motifs is 6. The van der Waals surface area contributed by atoms with Gasteiger partial charge in [-0.1, -0.05) is 183 Å². The highest BCUT2D eigenvalue weighted by Gasteiger charge is 2.21. The SMILES string of the molecule is C=C(N=C(N=C(C)c1cccc2oc3ccc(-c4cccc5sc6nc(-c7ccccc7)nc(-c7ccccc7)c6c45)cc3c12)c1ccccc1)c1ccc(-c2ccccc2)cc1. The van der Waals surface area contributed by atoms with E-state index in [1.54, 1.807) is 11.3 Å². The smallest absolute Gasteiger partial charge is 0.161 e. The molecule has 0 aliphatic heterocycles. The number of amidine groups is 1.